The van der Waals surface area contributed by atoms with Crippen LogP contribution in [0.15, 0.2) is 30.5 Å². The van der Waals surface area contributed by atoms with E-state index in [9.17, 15) is 9.18 Å². The van der Waals surface area contributed by atoms with Crippen molar-refractivity contribution in [1.82, 2.24) is 19.9 Å². The molecule has 0 spiro atoms. The largest absolute Gasteiger partial charge is 0.375 e. The fourth-order valence-corrected chi connectivity index (χ4v) is 2.93. The van der Waals surface area contributed by atoms with Gasteiger partial charge in [-0.1, -0.05) is 17.3 Å². The van der Waals surface area contributed by atoms with E-state index in [-0.39, 0.29) is 24.2 Å². The first-order valence-corrected chi connectivity index (χ1v) is 8.68. The van der Waals surface area contributed by atoms with Crippen LogP contribution < -0.4 is 0 Å². The Hall–Kier alpha value is -2.28. The molecule has 2 fully saturated rings. The van der Waals surface area contributed by atoms with Crippen LogP contribution in [-0.4, -0.2) is 45.5 Å². The number of aromatic nitrogens is 3. The van der Waals surface area contributed by atoms with Gasteiger partial charge in [-0.25, -0.2) is 9.07 Å². The minimum absolute atomic E-state index is 0.00922. The Bertz CT molecular complexity index is 753. The van der Waals surface area contributed by atoms with Crippen LogP contribution in [0.25, 0.3) is 0 Å². The molecule has 2 aliphatic rings. The molecule has 6 nitrogen and oxygen atoms in total. The molecule has 2 heterocycles. The summed E-state index contributed by atoms with van der Waals surface area (Å²) in [4.78, 5) is 14.0. The summed E-state index contributed by atoms with van der Waals surface area (Å²) in [6, 6.07) is 6.33. The van der Waals surface area contributed by atoms with E-state index in [4.69, 9.17) is 4.74 Å². The lowest BCUT2D eigenvalue weighted by atomic mass is 10.1. The van der Waals surface area contributed by atoms with E-state index in [2.05, 4.69) is 10.3 Å². The van der Waals surface area contributed by atoms with E-state index in [1.807, 2.05) is 10.9 Å². The molecule has 1 saturated carbocycles. The number of nitrogens with zero attached hydrogens (tertiary/aromatic N) is 4. The number of carbonyl (C=O) groups excluding carboxylic acids is 1. The lowest BCUT2D eigenvalue weighted by molar-refractivity contribution is -0.136. The lowest BCUT2D eigenvalue weighted by Crippen LogP contribution is -2.51. The molecule has 1 aromatic carbocycles. The van der Waals surface area contributed by atoms with Crippen molar-refractivity contribution in [2.75, 3.05) is 19.7 Å². The molecule has 0 radical (unpaired) electrons. The van der Waals surface area contributed by atoms with Crippen LogP contribution in [0.5, 0.6) is 0 Å². The number of likely N-dealkylation sites (tertiary alicyclic amines) is 1. The number of hydrogen-bond donors (Lipinski definition) is 0. The maximum atomic E-state index is 13.2. The summed E-state index contributed by atoms with van der Waals surface area (Å²) in [7, 11) is 0. The van der Waals surface area contributed by atoms with Gasteiger partial charge >= 0.3 is 0 Å². The van der Waals surface area contributed by atoms with Gasteiger partial charge in [0, 0.05) is 19.7 Å². The maximum Gasteiger partial charge on any atom is 0.227 e. The second-order valence-electron chi connectivity index (χ2n) is 6.91. The number of ether oxygens (including phenoxy) is 1. The molecule has 1 aliphatic carbocycles. The van der Waals surface area contributed by atoms with Crippen molar-refractivity contribution in [2.24, 2.45) is 5.92 Å². The molecule has 0 unspecified atom stereocenters. The van der Waals surface area contributed by atoms with E-state index in [1.54, 1.807) is 17.0 Å². The van der Waals surface area contributed by atoms with Gasteiger partial charge in [-0.2, -0.15) is 0 Å². The first-order valence-electron chi connectivity index (χ1n) is 8.68. The summed E-state index contributed by atoms with van der Waals surface area (Å²) in [6.07, 6.45) is 4.66. The molecule has 7 heteroatoms. The zero-order valence-corrected chi connectivity index (χ0v) is 14.0. The number of carbonyl (C=O) groups is 1. The Morgan fingerprint density at radius 1 is 1.32 bits per heavy atom. The van der Waals surface area contributed by atoms with E-state index >= 15 is 0 Å². The predicted molar refractivity (Wildman–Crippen MR) is 88.1 cm³/mol. The molecule has 132 valence electrons. The van der Waals surface area contributed by atoms with E-state index in [0.29, 0.717) is 25.3 Å². The number of benzene rings is 1. The van der Waals surface area contributed by atoms with Gasteiger partial charge in [0.25, 0.3) is 0 Å². The molecule has 0 atom stereocenters. The molecule has 1 amide bonds. The average Bonchev–Trinajstić information content (AvgIpc) is 3.24. The van der Waals surface area contributed by atoms with Crippen molar-refractivity contribution < 1.29 is 13.9 Å². The average molecular weight is 344 g/mol. The van der Waals surface area contributed by atoms with Crippen LogP contribution in [0.3, 0.4) is 0 Å². The molecule has 2 aromatic rings. The Morgan fingerprint density at radius 3 is 2.92 bits per heavy atom. The molecule has 25 heavy (non-hydrogen) atoms. The summed E-state index contributed by atoms with van der Waals surface area (Å²) >= 11 is 0. The summed E-state index contributed by atoms with van der Waals surface area (Å²) in [5.74, 6) is 0.431. The molecular weight excluding hydrogens is 323 g/mol. The van der Waals surface area contributed by atoms with Crippen molar-refractivity contribution in [2.45, 2.75) is 31.9 Å². The molecule has 1 saturated heterocycles. The number of amides is 1. The van der Waals surface area contributed by atoms with Gasteiger partial charge in [-0.15, -0.1) is 5.10 Å². The van der Waals surface area contributed by atoms with Crippen molar-refractivity contribution in [3.8, 4) is 0 Å². The first kappa shape index (κ1) is 16.2. The van der Waals surface area contributed by atoms with Crippen molar-refractivity contribution in [3.05, 3.63) is 47.5 Å². The molecule has 0 N–H and O–H groups in total. The van der Waals surface area contributed by atoms with Gasteiger partial charge < -0.3 is 9.64 Å². The normalized spacial score (nSPS) is 17.6. The zero-order valence-electron chi connectivity index (χ0n) is 14.0. The third kappa shape index (κ3) is 4.04. The van der Waals surface area contributed by atoms with Crippen molar-refractivity contribution in [1.29, 1.82) is 0 Å². The number of rotatable bonds is 7. The molecule has 1 aliphatic heterocycles. The highest BCUT2D eigenvalue weighted by Crippen LogP contribution is 2.29. The Labute approximate surface area is 145 Å². The predicted octanol–water partition coefficient (Wildman–Crippen LogP) is 1.97. The third-order valence-corrected chi connectivity index (χ3v) is 4.69. The summed E-state index contributed by atoms with van der Waals surface area (Å²) in [5.41, 5.74) is 1.52. The minimum atomic E-state index is -0.314. The van der Waals surface area contributed by atoms with Crippen LogP contribution in [0.4, 0.5) is 4.39 Å². The van der Waals surface area contributed by atoms with E-state index in [1.165, 1.54) is 25.0 Å². The first-order chi connectivity index (χ1) is 12.2. The minimum Gasteiger partial charge on any atom is -0.375 e. The fraction of sp³-hybridized carbons (Fsp3) is 0.500. The van der Waals surface area contributed by atoms with Gasteiger partial charge in [-0.3, -0.25) is 4.79 Å². The Morgan fingerprint density at radius 2 is 2.16 bits per heavy atom. The highest BCUT2D eigenvalue weighted by Gasteiger charge is 2.32. The summed E-state index contributed by atoms with van der Waals surface area (Å²) in [5, 5.41) is 8.27. The molecule has 1 aromatic heterocycles. The topological polar surface area (TPSA) is 60.2 Å². The van der Waals surface area contributed by atoms with Crippen LogP contribution in [0.2, 0.25) is 0 Å². The molecule has 0 bridgehead atoms. The van der Waals surface area contributed by atoms with Gasteiger partial charge in [0.15, 0.2) is 0 Å². The van der Waals surface area contributed by atoms with Gasteiger partial charge in [-0.05, 0) is 36.5 Å². The van der Waals surface area contributed by atoms with Gasteiger partial charge in [0.2, 0.25) is 5.91 Å². The monoisotopic (exact) mass is 344 g/mol. The number of hydrogen-bond acceptors (Lipinski definition) is 4. The highest BCUT2D eigenvalue weighted by molar-refractivity contribution is 5.79. The third-order valence-electron chi connectivity index (χ3n) is 4.69. The van der Waals surface area contributed by atoms with Gasteiger partial charge in [0.1, 0.15) is 11.5 Å². The zero-order chi connectivity index (χ0) is 17.2. The smallest absolute Gasteiger partial charge is 0.227 e. The molecule has 4 rings (SSSR count). The fourth-order valence-electron chi connectivity index (χ4n) is 2.93. The summed E-state index contributed by atoms with van der Waals surface area (Å²) in [6.45, 7) is 2.52. The van der Waals surface area contributed by atoms with E-state index in [0.717, 1.165) is 18.2 Å². The second kappa shape index (κ2) is 6.92. The Balaban J connectivity index is 1.24. The highest BCUT2D eigenvalue weighted by atomic mass is 19.1. The van der Waals surface area contributed by atoms with Crippen LogP contribution in [0, 0.1) is 11.7 Å². The van der Waals surface area contributed by atoms with Crippen LogP contribution in [0.1, 0.15) is 30.1 Å². The second-order valence-corrected chi connectivity index (χ2v) is 6.91. The molecular formula is C18H21FN4O2. The van der Waals surface area contributed by atoms with Crippen molar-refractivity contribution in [3.63, 3.8) is 0 Å². The standard InChI is InChI=1S/C18H21FN4O2/c19-15-3-1-2-14(6-15)7-18(24)22-9-17(10-22)23-8-16(20-21-23)12-25-11-13-4-5-13/h1-3,6,8,13,17H,4-5,7,9-12H2. The van der Waals surface area contributed by atoms with Gasteiger partial charge in [0.05, 0.1) is 25.3 Å². The lowest BCUT2D eigenvalue weighted by Gasteiger charge is -2.39. The summed E-state index contributed by atoms with van der Waals surface area (Å²) < 4.78 is 20.6. The van der Waals surface area contributed by atoms with E-state index < -0.39 is 0 Å². The number of halogens is 1. The van der Waals surface area contributed by atoms with Crippen LogP contribution in [-0.2, 0) is 22.6 Å². The van der Waals surface area contributed by atoms with Crippen molar-refractivity contribution >= 4 is 5.91 Å². The van der Waals surface area contributed by atoms with Crippen LogP contribution >= 0.6 is 0 Å². The quantitative estimate of drug-likeness (QED) is 0.770. The SMILES string of the molecule is O=C(Cc1cccc(F)c1)N1CC(n2cc(COCC3CC3)nn2)C1. The maximum absolute atomic E-state index is 13.2. The Kier molecular flexibility index (Phi) is 4.48.